The number of halogens is 1. The number of benzene rings is 1. The second-order valence-electron chi connectivity index (χ2n) is 5.22. The van der Waals surface area contributed by atoms with E-state index in [2.05, 4.69) is 5.32 Å². The molecule has 19 heavy (non-hydrogen) atoms. The van der Waals surface area contributed by atoms with Crippen LogP contribution in [0.25, 0.3) is 0 Å². The highest BCUT2D eigenvalue weighted by atomic mass is 19.1. The monoisotopic (exact) mass is 263 g/mol. The van der Waals surface area contributed by atoms with Gasteiger partial charge in [-0.15, -0.1) is 0 Å². The molecule has 1 N–H and O–H groups in total. The number of ketones is 1. The highest BCUT2D eigenvalue weighted by molar-refractivity contribution is 5.97. The van der Waals surface area contributed by atoms with Crippen molar-refractivity contribution in [2.24, 2.45) is 0 Å². The van der Waals surface area contributed by atoms with Gasteiger partial charge in [0.2, 0.25) is 5.91 Å². The molecule has 1 fully saturated rings. The highest BCUT2D eigenvalue weighted by Gasteiger charge is 2.36. The molecule has 0 bridgehead atoms. The molecule has 1 aromatic rings. The Hall–Kier alpha value is -1.71. The predicted octanol–water partition coefficient (Wildman–Crippen LogP) is 2.69. The van der Waals surface area contributed by atoms with Crippen LogP contribution in [0.5, 0.6) is 0 Å². The minimum Gasteiger partial charge on any atom is -0.346 e. The zero-order valence-corrected chi connectivity index (χ0v) is 11.0. The van der Waals surface area contributed by atoms with E-state index in [-0.39, 0.29) is 23.9 Å². The third kappa shape index (κ3) is 3.19. The fourth-order valence-electron chi connectivity index (χ4n) is 2.77. The summed E-state index contributed by atoms with van der Waals surface area (Å²) in [5.74, 6) is -0.685. The Morgan fingerprint density at radius 2 is 1.79 bits per heavy atom. The first kappa shape index (κ1) is 13.7. The molecule has 0 heterocycles. The van der Waals surface area contributed by atoms with Crippen molar-refractivity contribution in [3.63, 3.8) is 0 Å². The molecule has 4 heteroatoms. The van der Waals surface area contributed by atoms with Crippen LogP contribution < -0.4 is 5.32 Å². The largest absolute Gasteiger partial charge is 0.346 e. The van der Waals surface area contributed by atoms with E-state index in [4.69, 9.17) is 0 Å². The van der Waals surface area contributed by atoms with Crippen molar-refractivity contribution >= 4 is 11.7 Å². The van der Waals surface area contributed by atoms with Crippen LogP contribution in [-0.2, 0) is 15.1 Å². The maximum absolute atomic E-state index is 13.0. The molecule has 102 valence electrons. The molecule has 0 aromatic heterocycles. The van der Waals surface area contributed by atoms with Crippen molar-refractivity contribution in [3.05, 3.63) is 35.6 Å². The number of Topliss-reactive ketones (excluding diaryl/α,β-unsaturated/α-hetero) is 1. The van der Waals surface area contributed by atoms with Crippen molar-refractivity contribution in [3.8, 4) is 0 Å². The molecule has 0 radical (unpaired) electrons. The summed E-state index contributed by atoms with van der Waals surface area (Å²) in [7, 11) is 0. The Bertz CT molecular complexity index is 475. The summed E-state index contributed by atoms with van der Waals surface area (Å²) in [6.07, 6.45) is 3.63. The van der Waals surface area contributed by atoms with Crippen LogP contribution in [0.3, 0.4) is 0 Å². The van der Waals surface area contributed by atoms with Gasteiger partial charge in [0.1, 0.15) is 11.6 Å². The maximum atomic E-state index is 13.0. The van der Waals surface area contributed by atoms with E-state index in [1.54, 1.807) is 12.1 Å². The van der Waals surface area contributed by atoms with Gasteiger partial charge in [-0.1, -0.05) is 25.0 Å². The number of hydrogen-bond acceptors (Lipinski definition) is 2. The Morgan fingerprint density at radius 3 is 2.32 bits per heavy atom. The molecular formula is C15H18FNO2. The first-order valence-electron chi connectivity index (χ1n) is 6.58. The SMILES string of the molecule is CC(=O)CC(=O)NC1(c2ccc(F)cc2)CCCC1. The Morgan fingerprint density at radius 1 is 1.21 bits per heavy atom. The maximum Gasteiger partial charge on any atom is 0.228 e. The van der Waals surface area contributed by atoms with Crippen molar-refractivity contribution < 1.29 is 14.0 Å². The van der Waals surface area contributed by atoms with Gasteiger partial charge < -0.3 is 5.32 Å². The summed E-state index contributed by atoms with van der Waals surface area (Å²) < 4.78 is 13.0. The topological polar surface area (TPSA) is 46.2 Å². The van der Waals surface area contributed by atoms with Crippen LogP contribution in [0.1, 0.15) is 44.6 Å². The lowest BCUT2D eigenvalue weighted by molar-refractivity contribution is -0.128. The third-order valence-corrected chi connectivity index (χ3v) is 3.64. The van der Waals surface area contributed by atoms with Crippen LogP contribution in [0.15, 0.2) is 24.3 Å². The smallest absolute Gasteiger partial charge is 0.228 e. The summed E-state index contributed by atoms with van der Waals surface area (Å²) in [6, 6.07) is 6.25. The average Bonchev–Trinajstić information content (AvgIpc) is 2.78. The van der Waals surface area contributed by atoms with Crippen LogP contribution in [-0.4, -0.2) is 11.7 Å². The summed E-state index contributed by atoms with van der Waals surface area (Å²) >= 11 is 0. The lowest BCUT2D eigenvalue weighted by atomic mass is 9.88. The molecule has 3 nitrogen and oxygen atoms in total. The molecule has 1 aromatic carbocycles. The van der Waals surface area contributed by atoms with E-state index >= 15 is 0 Å². The number of amides is 1. The standard InChI is InChI=1S/C15H18FNO2/c1-11(18)10-14(19)17-15(8-2-3-9-15)12-4-6-13(16)7-5-12/h4-7H,2-3,8-10H2,1H3,(H,17,19). The van der Waals surface area contributed by atoms with Gasteiger partial charge in [-0.25, -0.2) is 4.39 Å². The first-order chi connectivity index (χ1) is 9.02. The molecule has 1 aliphatic carbocycles. The lowest BCUT2D eigenvalue weighted by Gasteiger charge is -2.31. The highest BCUT2D eigenvalue weighted by Crippen LogP contribution is 2.38. The van der Waals surface area contributed by atoms with Crippen molar-refractivity contribution in [1.29, 1.82) is 0 Å². The number of rotatable bonds is 4. The van der Waals surface area contributed by atoms with E-state index in [9.17, 15) is 14.0 Å². The summed E-state index contributed by atoms with van der Waals surface area (Å²) in [6.45, 7) is 1.40. The molecule has 1 amide bonds. The zero-order chi connectivity index (χ0) is 13.9. The van der Waals surface area contributed by atoms with Gasteiger partial charge in [0.05, 0.1) is 12.0 Å². The van der Waals surface area contributed by atoms with Gasteiger partial charge in [-0.3, -0.25) is 9.59 Å². The minimum atomic E-state index is -0.430. The number of hydrogen-bond donors (Lipinski definition) is 1. The molecule has 0 atom stereocenters. The van der Waals surface area contributed by atoms with Gasteiger partial charge in [0.15, 0.2) is 0 Å². The summed E-state index contributed by atoms with van der Waals surface area (Å²) in [4.78, 5) is 22.9. The average molecular weight is 263 g/mol. The van der Waals surface area contributed by atoms with Crippen LogP contribution in [0, 0.1) is 5.82 Å². The van der Waals surface area contributed by atoms with E-state index in [1.807, 2.05) is 0 Å². The Kier molecular flexibility index (Phi) is 3.98. The van der Waals surface area contributed by atoms with Gasteiger partial charge in [-0.2, -0.15) is 0 Å². The van der Waals surface area contributed by atoms with E-state index < -0.39 is 5.54 Å². The fourth-order valence-corrected chi connectivity index (χ4v) is 2.77. The normalized spacial score (nSPS) is 17.2. The van der Waals surface area contributed by atoms with Gasteiger partial charge in [-0.05, 0) is 37.5 Å². The van der Waals surface area contributed by atoms with Gasteiger partial charge in [0.25, 0.3) is 0 Å². The molecule has 0 saturated heterocycles. The first-order valence-corrected chi connectivity index (χ1v) is 6.58. The molecule has 2 rings (SSSR count). The van der Waals surface area contributed by atoms with Gasteiger partial charge in [0, 0.05) is 0 Å². The third-order valence-electron chi connectivity index (χ3n) is 3.64. The minimum absolute atomic E-state index is 0.0943. The van der Waals surface area contributed by atoms with Crippen LogP contribution >= 0.6 is 0 Å². The molecule has 0 aliphatic heterocycles. The van der Waals surface area contributed by atoms with Crippen molar-refractivity contribution in [2.45, 2.75) is 44.6 Å². The fraction of sp³-hybridized carbons (Fsp3) is 0.467. The van der Waals surface area contributed by atoms with E-state index in [1.165, 1.54) is 19.1 Å². The van der Waals surface area contributed by atoms with Crippen molar-refractivity contribution in [1.82, 2.24) is 5.32 Å². The van der Waals surface area contributed by atoms with E-state index in [0.29, 0.717) is 0 Å². The molecule has 0 unspecified atom stereocenters. The zero-order valence-electron chi connectivity index (χ0n) is 11.0. The van der Waals surface area contributed by atoms with Crippen LogP contribution in [0.4, 0.5) is 4.39 Å². The summed E-state index contributed by atoms with van der Waals surface area (Å²) in [5, 5.41) is 2.98. The van der Waals surface area contributed by atoms with Crippen LogP contribution in [0.2, 0.25) is 0 Å². The number of carbonyl (C=O) groups is 2. The van der Waals surface area contributed by atoms with E-state index in [0.717, 1.165) is 31.2 Å². The Labute approximate surface area is 112 Å². The predicted molar refractivity (Wildman–Crippen MR) is 70.0 cm³/mol. The Balaban J connectivity index is 2.20. The second kappa shape index (κ2) is 5.51. The number of carbonyl (C=O) groups excluding carboxylic acids is 2. The lowest BCUT2D eigenvalue weighted by Crippen LogP contribution is -2.44. The summed E-state index contributed by atoms with van der Waals surface area (Å²) in [5.41, 5.74) is 0.489. The molecular weight excluding hydrogens is 245 g/mol. The number of nitrogens with one attached hydrogen (secondary N) is 1. The second-order valence-corrected chi connectivity index (χ2v) is 5.22. The van der Waals surface area contributed by atoms with Crippen molar-refractivity contribution in [2.75, 3.05) is 0 Å². The molecule has 0 spiro atoms. The van der Waals surface area contributed by atoms with Gasteiger partial charge >= 0.3 is 0 Å². The quantitative estimate of drug-likeness (QED) is 0.849. The molecule has 1 saturated carbocycles. The molecule has 1 aliphatic rings.